The number of nitrogens with zero attached hydrogens (tertiary/aromatic N) is 4. The molecule has 3 aromatic heterocycles. The Kier molecular flexibility index (Phi) is 11.2. The second-order valence-corrected chi connectivity index (χ2v) is 15.7. The van der Waals surface area contributed by atoms with Gasteiger partial charge in [-0.05, 0) is 110 Å². The minimum absolute atomic E-state index is 0. The molecule has 0 aliphatic heterocycles. The molecule has 0 radical (unpaired) electrons. The van der Waals surface area contributed by atoms with Gasteiger partial charge in [0.25, 0.3) is 0 Å². The first kappa shape index (κ1) is 38.2. The maximum atomic E-state index is 6.71. The van der Waals surface area contributed by atoms with Crippen molar-refractivity contribution in [3.8, 4) is 34.1 Å². The number of aryl methyl sites for hydroxylation is 4. The third-order valence-electron chi connectivity index (χ3n) is 9.89. The molecule has 0 atom stereocenters. The summed E-state index contributed by atoms with van der Waals surface area (Å²) in [4.78, 5) is 4.84. The Morgan fingerprint density at radius 3 is 2.13 bits per heavy atom. The van der Waals surface area contributed by atoms with Gasteiger partial charge in [0.2, 0.25) is 0 Å². The number of hydrogen-bond acceptors (Lipinski definition) is 3. The van der Waals surface area contributed by atoms with Crippen LogP contribution in [0.4, 0.5) is 0 Å². The van der Waals surface area contributed by atoms with Crippen molar-refractivity contribution in [3.05, 3.63) is 130 Å². The maximum absolute atomic E-state index is 6.71. The second kappa shape index (κ2) is 15.5. The number of hydrogen-bond donors (Lipinski definition) is 0. The van der Waals surface area contributed by atoms with Crippen LogP contribution in [0.5, 0.6) is 11.5 Å². The fraction of sp³-hybridized carbons (Fsp3) is 0.319. The number of benzene rings is 4. The van der Waals surface area contributed by atoms with Crippen LogP contribution < -0.4 is 4.74 Å². The molecular formula is C47H50N4OPd. The van der Waals surface area contributed by atoms with Crippen LogP contribution in [-0.2, 0) is 33.3 Å². The molecule has 0 saturated heterocycles. The fourth-order valence-electron chi connectivity index (χ4n) is 7.77. The predicted octanol–water partition coefficient (Wildman–Crippen LogP) is 12.2. The molecule has 7 rings (SSSR count). The van der Waals surface area contributed by atoms with Crippen molar-refractivity contribution >= 4 is 21.8 Å². The van der Waals surface area contributed by atoms with E-state index in [0.717, 1.165) is 57.4 Å². The number of para-hydroxylation sites is 1. The van der Waals surface area contributed by atoms with Gasteiger partial charge in [0.05, 0.1) is 11.4 Å². The van der Waals surface area contributed by atoms with E-state index in [9.17, 15) is 0 Å². The van der Waals surface area contributed by atoms with Crippen LogP contribution in [0.3, 0.4) is 0 Å². The van der Waals surface area contributed by atoms with Crippen molar-refractivity contribution in [2.75, 3.05) is 0 Å². The molecule has 4 aromatic carbocycles. The van der Waals surface area contributed by atoms with Crippen molar-refractivity contribution < 1.29 is 25.2 Å². The summed E-state index contributed by atoms with van der Waals surface area (Å²) in [5, 5.41) is 7.48. The largest absolute Gasteiger partial charge is 2.00 e. The predicted molar refractivity (Wildman–Crippen MR) is 215 cm³/mol. The zero-order chi connectivity index (χ0) is 36.8. The molecule has 0 bridgehead atoms. The van der Waals surface area contributed by atoms with Crippen molar-refractivity contribution in [2.45, 2.75) is 88.0 Å². The molecule has 5 nitrogen and oxygen atoms in total. The van der Waals surface area contributed by atoms with E-state index in [0.29, 0.717) is 23.3 Å². The SMILES string of the molecule is Cc1cc(C)c(-c2c(C)nn(-c3[c-]c(Oc4[c-]c5c(cc4)c4ccccc4n5-c4cc(CC(C)C)ccn4)cc(C(C)C)c3)c2CC(C)C)c(C)c1.[Pd+2]. The third kappa shape index (κ3) is 7.63. The molecular weight excluding hydrogens is 743 g/mol. The van der Waals surface area contributed by atoms with Crippen LogP contribution in [-0.4, -0.2) is 19.3 Å². The molecule has 0 fully saturated rings. The van der Waals surface area contributed by atoms with Crippen LogP contribution in [0, 0.1) is 51.7 Å². The van der Waals surface area contributed by atoms with E-state index in [1.807, 2.05) is 12.3 Å². The van der Waals surface area contributed by atoms with Gasteiger partial charge in [-0.1, -0.05) is 83.0 Å². The van der Waals surface area contributed by atoms with E-state index in [2.05, 4.69) is 157 Å². The summed E-state index contributed by atoms with van der Waals surface area (Å²) in [7, 11) is 0. The normalized spacial score (nSPS) is 11.7. The quantitative estimate of drug-likeness (QED) is 0.102. The van der Waals surface area contributed by atoms with Crippen LogP contribution in [0.2, 0.25) is 0 Å². The summed E-state index contributed by atoms with van der Waals surface area (Å²) >= 11 is 0. The Morgan fingerprint density at radius 2 is 1.43 bits per heavy atom. The minimum Gasteiger partial charge on any atom is -0.509 e. The second-order valence-electron chi connectivity index (χ2n) is 15.7. The fourth-order valence-corrected chi connectivity index (χ4v) is 7.77. The van der Waals surface area contributed by atoms with Crippen LogP contribution in [0.1, 0.15) is 86.7 Å². The van der Waals surface area contributed by atoms with E-state index in [1.54, 1.807) is 0 Å². The average Bonchev–Trinajstić information content (AvgIpc) is 3.57. The molecule has 0 unspecified atom stereocenters. The zero-order valence-corrected chi connectivity index (χ0v) is 34.2. The van der Waals surface area contributed by atoms with E-state index in [4.69, 9.17) is 14.8 Å². The zero-order valence-electron chi connectivity index (χ0n) is 32.7. The topological polar surface area (TPSA) is 44.9 Å². The Labute approximate surface area is 329 Å². The number of ether oxygens (including phenoxy) is 1. The molecule has 0 saturated carbocycles. The van der Waals surface area contributed by atoms with Crippen molar-refractivity contribution in [1.82, 2.24) is 19.3 Å². The van der Waals surface area contributed by atoms with E-state index < -0.39 is 0 Å². The Hall–Kier alpha value is -4.50. The third-order valence-corrected chi connectivity index (χ3v) is 9.89. The molecule has 0 amide bonds. The monoisotopic (exact) mass is 792 g/mol. The number of rotatable bonds is 10. The molecule has 7 aromatic rings. The summed E-state index contributed by atoms with van der Waals surface area (Å²) < 4.78 is 11.0. The minimum atomic E-state index is 0. The first-order valence-electron chi connectivity index (χ1n) is 18.7. The van der Waals surface area contributed by atoms with Crippen LogP contribution in [0.15, 0.2) is 79.0 Å². The van der Waals surface area contributed by atoms with E-state index >= 15 is 0 Å². The van der Waals surface area contributed by atoms with Gasteiger partial charge in [-0.3, -0.25) is 4.68 Å². The molecule has 274 valence electrons. The summed E-state index contributed by atoms with van der Waals surface area (Å²) in [5.41, 5.74) is 13.9. The van der Waals surface area contributed by atoms with Crippen molar-refractivity contribution in [2.24, 2.45) is 11.8 Å². The number of pyridine rings is 1. The van der Waals surface area contributed by atoms with Gasteiger partial charge >= 0.3 is 20.4 Å². The van der Waals surface area contributed by atoms with E-state index in [1.165, 1.54) is 39.1 Å². The molecule has 0 aliphatic rings. The maximum Gasteiger partial charge on any atom is 2.00 e. The van der Waals surface area contributed by atoms with Gasteiger partial charge < -0.3 is 9.30 Å². The van der Waals surface area contributed by atoms with Gasteiger partial charge in [0.1, 0.15) is 5.82 Å². The smallest absolute Gasteiger partial charge is 0.509 e. The Bertz CT molecular complexity index is 2410. The molecule has 0 N–H and O–H groups in total. The Balaban J connectivity index is 0.00000481. The van der Waals surface area contributed by atoms with Gasteiger partial charge in [-0.2, -0.15) is 11.2 Å². The molecule has 0 spiro atoms. The molecule has 6 heteroatoms. The van der Waals surface area contributed by atoms with Gasteiger partial charge in [0, 0.05) is 28.8 Å². The summed E-state index contributed by atoms with van der Waals surface area (Å²) in [6.07, 6.45) is 3.80. The Morgan fingerprint density at radius 1 is 0.717 bits per heavy atom. The number of fused-ring (bicyclic) bond motifs is 3. The standard InChI is InChI=1S/C47H50N4O.Pd/c1-28(2)19-35-17-18-48-45(23-35)50-42-14-12-11-13-40(42)41-16-15-38(27-43(41)50)52-39-25-36(30(5)6)24-37(26-39)51-44(20-29(3)4)47(34(10)49-51)46-32(8)21-31(7)22-33(46)9;/h11-18,21-25,28-30H,19-20H2,1-10H3;/q-2;+2. The molecule has 3 heterocycles. The van der Waals surface area contributed by atoms with Gasteiger partial charge in [-0.25, -0.2) is 4.98 Å². The van der Waals surface area contributed by atoms with Gasteiger partial charge in [0.15, 0.2) is 0 Å². The average molecular weight is 793 g/mol. The van der Waals surface area contributed by atoms with Gasteiger partial charge in [-0.15, -0.1) is 41.3 Å². The summed E-state index contributed by atoms with van der Waals surface area (Å²) in [6.45, 7) is 22.2. The van der Waals surface area contributed by atoms with E-state index in [-0.39, 0.29) is 26.3 Å². The molecule has 0 aliphatic carbocycles. The molecule has 53 heavy (non-hydrogen) atoms. The first-order valence-corrected chi connectivity index (χ1v) is 18.7. The van der Waals surface area contributed by atoms with Crippen molar-refractivity contribution in [3.63, 3.8) is 0 Å². The van der Waals surface area contributed by atoms with Crippen LogP contribution in [0.25, 0.3) is 44.4 Å². The summed E-state index contributed by atoms with van der Waals surface area (Å²) in [6, 6.07) is 33.1. The van der Waals surface area contributed by atoms with Crippen molar-refractivity contribution in [1.29, 1.82) is 0 Å². The summed E-state index contributed by atoms with van der Waals surface area (Å²) in [5.74, 6) is 3.43. The van der Waals surface area contributed by atoms with Crippen LogP contribution >= 0.6 is 0 Å². The number of aromatic nitrogens is 4. The first-order chi connectivity index (χ1) is 24.9.